The molecule has 14 heavy (non-hydrogen) atoms. The van der Waals surface area contributed by atoms with Crippen LogP contribution in [-0.2, 0) is 4.74 Å². The predicted octanol–water partition coefficient (Wildman–Crippen LogP) is 3.51. The van der Waals surface area contributed by atoms with Crippen molar-refractivity contribution in [2.24, 2.45) is 5.92 Å². The van der Waals surface area contributed by atoms with Gasteiger partial charge < -0.3 is 10.1 Å². The zero-order valence-electron chi connectivity index (χ0n) is 8.68. The van der Waals surface area contributed by atoms with Crippen LogP contribution in [0, 0.1) is 11.3 Å². The largest absolute Gasteiger partial charge is 0.381 e. The molecule has 1 saturated heterocycles. The fourth-order valence-corrected chi connectivity index (χ4v) is 2.11. The lowest BCUT2D eigenvalue weighted by Crippen LogP contribution is -2.27. The maximum atomic E-state index is 7.29. The van der Waals surface area contributed by atoms with E-state index in [1.165, 1.54) is 19.3 Å². The van der Waals surface area contributed by atoms with Crippen LogP contribution in [0.1, 0.15) is 32.6 Å². The average Bonchev–Trinajstić information content (AvgIpc) is 1.99. The second kappa shape index (κ2) is 6.36. The smallest absolute Gasteiger partial charge is 0.0516 e. The van der Waals surface area contributed by atoms with Crippen molar-refractivity contribution in [2.75, 3.05) is 13.2 Å². The van der Waals surface area contributed by atoms with Crippen LogP contribution in [0.2, 0.25) is 0 Å². The van der Waals surface area contributed by atoms with Crippen LogP contribution in [0.25, 0.3) is 0 Å². The highest BCUT2D eigenvalue weighted by atomic mass is 79.9. The van der Waals surface area contributed by atoms with E-state index in [1.54, 1.807) is 6.92 Å². The van der Waals surface area contributed by atoms with Crippen LogP contribution >= 0.6 is 15.9 Å². The summed E-state index contributed by atoms with van der Waals surface area (Å²) in [5, 5.41) is 7.29. The van der Waals surface area contributed by atoms with Crippen molar-refractivity contribution in [3.05, 3.63) is 10.6 Å². The molecule has 0 amide bonds. The minimum Gasteiger partial charge on any atom is -0.381 e. The first-order chi connectivity index (χ1) is 6.68. The lowest BCUT2D eigenvalue weighted by Gasteiger charge is -2.25. The third-order valence-corrected chi connectivity index (χ3v) is 2.98. The van der Waals surface area contributed by atoms with Gasteiger partial charge in [-0.25, -0.2) is 0 Å². The summed E-state index contributed by atoms with van der Waals surface area (Å²) in [7, 11) is 0. The van der Waals surface area contributed by atoms with Gasteiger partial charge in [0.25, 0.3) is 0 Å². The summed E-state index contributed by atoms with van der Waals surface area (Å²) < 4.78 is 6.26. The number of halogens is 1. The van der Waals surface area contributed by atoms with Gasteiger partial charge in [0.15, 0.2) is 0 Å². The first-order valence-electron chi connectivity index (χ1n) is 5.17. The number of hydrogen-bond acceptors (Lipinski definition) is 2. The first-order valence-corrected chi connectivity index (χ1v) is 5.96. The molecular weight excluding hydrogens is 242 g/mol. The van der Waals surface area contributed by atoms with Gasteiger partial charge in [0.05, 0.1) is 13.2 Å². The van der Waals surface area contributed by atoms with Crippen molar-refractivity contribution < 1.29 is 4.74 Å². The van der Waals surface area contributed by atoms with Gasteiger partial charge in [-0.3, -0.25) is 0 Å². The van der Waals surface area contributed by atoms with Gasteiger partial charge in [-0.1, -0.05) is 22.4 Å². The van der Waals surface area contributed by atoms with Crippen molar-refractivity contribution in [3.8, 4) is 0 Å². The molecule has 80 valence electrons. The molecular formula is C11H18BrNO. The molecule has 0 aromatic heterocycles. The van der Waals surface area contributed by atoms with Crippen LogP contribution in [0.15, 0.2) is 10.6 Å². The molecule has 0 aliphatic carbocycles. The normalized spacial score (nSPS) is 18.0. The summed E-state index contributed by atoms with van der Waals surface area (Å²) in [5.74, 6) is 0.822. The standard InChI is InChI=1S/C11H18BrNO/c1-9(13)6-11(12)5-3-2-4-10-7-14-8-10/h6,10,13H,2-5,7-8H2,1H3/b11-6+,13-9?. The Morgan fingerprint density at radius 1 is 1.50 bits per heavy atom. The molecule has 1 aliphatic heterocycles. The number of nitrogens with one attached hydrogen (secondary N) is 1. The summed E-state index contributed by atoms with van der Waals surface area (Å²) in [6.07, 6.45) is 6.72. The van der Waals surface area contributed by atoms with Crippen molar-refractivity contribution in [1.29, 1.82) is 5.41 Å². The first kappa shape index (κ1) is 11.9. The van der Waals surface area contributed by atoms with Gasteiger partial charge >= 0.3 is 0 Å². The highest BCUT2D eigenvalue weighted by Crippen LogP contribution is 2.20. The minimum atomic E-state index is 0.615. The lowest BCUT2D eigenvalue weighted by atomic mass is 10.00. The predicted molar refractivity (Wildman–Crippen MR) is 63.2 cm³/mol. The van der Waals surface area contributed by atoms with Crippen LogP contribution in [-0.4, -0.2) is 18.9 Å². The zero-order valence-corrected chi connectivity index (χ0v) is 10.3. The highest BCUT2D eigenvalue weighted by Gasteiger charge is 2.16. The molecule has 1 heterocycles. The third-order valence-electron chi connectivity index (χ3n) is 2.36. The number of ether oxygens (including phenoxy) is 1. The molecule has 2 nitrogen and oxygen atoms in total. The third kappa shape index (κ3) is 4.91. The molecule has 0 unspecified atom stereocenters. The molecule has 1 aliphatic rings. The Labute approximate surface area is 94.4 Å². The quantitative estimate of drug-likeness (QED) is 0.575. The number of unbranched alkanes of at least 4 members (excludes halogenated alkanes) is 1. The topological polar surface area (TPSA) is 33.1 Å². The van der Waals surface area contributed by atoms with Gasteiger partial charge in [-0.2, -0.15) is 0 Å². The van der Waals surface area contributed by atoms with Crippen molar-refractivity contribution in [1.82, 2.24) is 0 Å². The summed E-state index contributed by atoms with van der Waals surface area (Å²) in [5.41, 5.74) is 0.615. The second-order valence-corrected chi connectivity index (χ2v) is 4.94. The Bertz CT molecular complexity index is 221. The van der Waals surface area contributed by atoms with E-state index in [4.69, 9.17) is 10.1 Å². The van der Waals surface area contributed by atoms with E-state index < -0.39 is 0 Å². The van der Waals surface area contributed by atoms with Gasteiger partial charge in [-0.15, -0.1) is 0 Å². The Hall–Kier alpha value is -0.150. The summed E-state index contributed by atoms with van der Waals surface area (Å²) >= 11 is 3.47. The van der Waals surface area contributed by atoms with Crippen LogP contribution in [0.5, 0.6) is 0 Å². The summed E-state index contributed by atoms with van der Waals surface area (Å²) in [6, 6.07) is 0. The molecule has 1 N–H and O–H groups in total. The van der Waals surface area contributed by atoms with Gasteiger partial charge in [0, 0.05) is 11.6 Å². The molecule has 3 heteroatoms. The van der Waals surface area contributed by atoms with E-state index in [0.717, 1.165) is 30.0 Å². The van der Waals surface area contributed by atoms with E-state index in [-0.39, 0.29) is 0 Å². The Morgan fingerprint density at radius 3 is 2.71 bits per heavy atom. The molecule has 0 bridgehead atoms. The summed E-state index contributed by atoms with van der Waals surface area (Å²) in [4.78, 5) is 0. The maximum absolute atomic E-state index is 7.29. The minimum absolute atomic E-state index is 0.615. The van der Waals surface area contributed by atoms with E-state index in [9.17, 15) is 0 Å². The number of hydrogen-bond donors (Lipinski definition) is 1. The van der Waals surface area contributed by atoms with Crippen LogP contribution in [0.3, 0.4) is 0 Å². The van der Waals surface area contributed by atoms with Crippen LogP contribution in [0.4, 0.5) is 0 Å². The van der Waals surface area contributed by atoms with Gasteiger partial charge in [0.1, 0.15) is 0 Å². The molecule has 0 saturated carbocycles. The van der Waals surface area contributed by atoms with E-state index >= 15 is 0 Å². The van der Waals surface area contributed by atoms with Gasteiger partial charge in [-0.05, 0) is 36.7 Å². The second-order valence-electron chi connectivity index (χ2n) is 3.92. The number of allylic oxidation sites excluding steroid dienone is 2. The molecule has 0 atom stereocenters. The molecule has 0 spiro atoms. The van der Waals surface area contributed by atoms with Crippen LogP contribution < -0.4 is 0 Å². The van der Waals surface area contributed by atoms with Crippen molar-refractivity contribution >= 4 is 21.6 Å². The Kier molecular flexibility index (Phi) is 5.41. The Morgan fingerprint density at radius 2 is 2.21 bits per heavy atom. The zero-order chi connectivity index (χ0) is 10.4. The lowest BCUT2D eigenvalue weighted by molar-refractivity contribution is -0.0363. The molecule has 1 fully saturated rings. The maximum Gasteiger partial charge on any atom is 0.0516 e. The van der Waals surface area contributed by atoms with E-state index in [2.05, 4.69) is 15.9 Å². The fraction of sp³-hybridized carbons (Fsp3) is 0.727. The average molecular weight is 260 g/mol. The fourth-order valence-electron chi connectivity index (χ4n) is 1.49. The summed E-state index contributed by atoms with van der Waals surface area (Å²) in [6.45, 7) is 3.74. The molecule has 1 rings (SSSR count). The van der Waals surface area contributed by atoms with E-state index in [1.807, 2.05) is 6.08 Å². The number of rotatable bonds is 6. The molecule has 0 radical (unpaired) electrons. The SMILES string of the molecule is CC(=N)/C=C(/Br)CCCCC1COC1. The highest BCUT2D eigenvalue weighted by molar-refractivity contribution is 9.11. The molecule has 0 aromatic carbocycles. The molecule has 0 aromatic rings. The van der Waals surface area contributed by atoms with Gasteiger partial charge in [0.2, 0.25) is 0 Å². The van der Waals surface area contributed by atoms with E-state index in [0.29, 0.717) is 5.71 Å². The van der Waals surface area contributed by atoms with Crippen molar-refractivity contribution in [3.63, 3.8) is 0 Å². The Balaban J connectivity index is 1.99. The van der Waals surface area contributed by atoms with Crippen molar-refractivity contribution in [2.45, 2.75) is 32.6 Å². The monoisotopic (exact) mass is 259 g/mol.